The number of rotatable bonds is 5. The van der Waals surface area contributed by atoms with Crippen LogP contribution in [0.1, 0.15) is 15.9 Å². The highest BCUT2D eigenvalue weighted by Crippen LogP contribution is 2.16. The number of ether oxygens (including phenoxy) is 1. The van der Waals surface area contributed by atoms with E-state index < -0.39 is 5.97 Å². The first-order chi connectivity index (χ1) is 9.60. The van der Waals surface area contributed by atoms with Crippen LogP contribution in [0, 0.1) is 0 Å². The molecule has 0 saturated carbocycles. The van der Waals surface area contributed by atoms with Crippen molar-refractivity contribution in [1.29, 1.82) is 0 Å². The van der Waals surface area contributed by atoms with E-state index in [1.807, 2.05) is 24.3 Å². The van der Waals surface area contributed by atoms with Crippen molar-refractivity contribution < 1.29 is 14.6 Å². The van der Waals surface area contributed by atoms with Crippen molar-refractivity contribution in [3.05, 3.63) is 47.7 Å². The van der Waals surface area contributed by atoms with E-state index in [0.29, 0.717) is 12.4 Å². The summed E-state index contributed by atoms with van der Waals surface area (Å²) in [5.41, 5.74) is 6.76. The lowest BCUT2D eigenvalue weighted by atomic mass is 10.2. The topological polar surface area (TPSA) is 97.5 Å². The number of aromatic nitrogens is 1. The van der Waals surface area contributed by atoms with Gasteiger partial charge in [0.2, 0.25) is 0 Å². The third-order valence-corrected chi connectivity index (χ3v) is 2.80. The normalized spacial score (nSPS) is 10.1. The smallest absolute Gasteiger partial charge is 0.337 e. The van der Waals surface area contributed by atoms with Crippen molar-refractivity contribution in [2.75, 3.05) is 18.2 Å². The Morgan fingerprint density at radius 1 is 1.40 bits per heavy atom. The van der Waals surface area contributed by atoms with E-state index in [4.69, 9.17) is 15.6 Å². The molecule has 6 nitrogen and oxygen atoms in total. The number of carbonyl (C=O) groups is 1. The molecule has 0 atom stereocenters. The first-order valence-corrected chi connectivity index (χ1v) is 5.96. The number of anilines is 2. The fourth-order valence-electron chi connectivity index (χ4n) is 1.68. The third-order valence-electron chi connectivity index (χ3n) is 2.80. The summed E-state index contributed by atoms with van der Waals surface area (Å²) in [5, 5.41) is 12.0. The molecule has 6 heteroatoms. The molecule has 0 bridgehead atoms. The molecule has 1 aromatic carbocycles. The van der Waals surface area contributed by atoms with Crippen molar-refractivity contribution in [3.63, 3.8) is 0 Å². The van der Waals surface area contributed by atoms with Crippen LogP contribution >= 0.6 is 0 Å². The van der Waals surface area contributed by atoms with Crippen LogP contribution in [-0.4, -0.2) is 23.2 Å². The van der Waals surface area contributed by atoms with Gasteiger partial charge in [0, 0.05) is 6.54 Å². The van der Waals surface area contributed by atoms with Crippen LogP contribution in [0.2, 0.25) is 0 Å². The van der Waals surface area contributed by atoms with Gasteiger partial charge in [0.15, 0.2) is 0 Å². The van der Waals surface area contributed by atoms with Gasteiger partial charge in [0.25, 0.3) is 0 Å². The molecule has 0 aliphatic heterocycles. The van der Waals surface area contributed by atoms with Crippen LogP contribution in [0.4, 0.5) is 11.5 Å². The highest BCUT2D eigenvalue weighted by Gasteiger charge is 2.09. The number of nitrogens with zero attached hydrogens (tertiary/aromatic N) is 1. The maximum atomic E-state index is 11.0. The first kappa shape index (κ1) is 13.7. The Labute approximate surface area is 116 Å². The average Bonchev–Trinajstić information content (AvgIpc) is 2.46. The predicted octanol–water partition coefficient (Wildman–Crippen LogP) is 1.98. The molecule has 0 amide bonds. The van der Waals surface area contributed by atoms with Crippen molar-refractivity contribution in [1.82, 2.24) is 4.98 Å². The number of pyridine rings is 1. The number of nitrogens with two attached hydrogens (primary N) is 1. The van der Waals surface area contributed by atoms with E-state index in [0.717, 1.165) is 11.3 Å². The van der Waals surface area contributed by atoms with Crippen LogP contribution in [0.25, 0.3) is 0 Å². The van der Waals surface area contributed by atoms with Gasteiger partial charge in [0.05, 0.1) is 24.6 Å². The van der Waals surface area contributed by atoms with Gasteiger partial charge in [-0.25, -0.2) is 9.78 Å². The Kier molecular flexibility index (Phi) is 4.05. The molecule has 20 heavy (non-hydrogen) atoms. The standard InChI is InChI=1S/C14H15N3O3/c1-20-10-4-2-9(3-5-10)7-16-13-6-11(14(18)19)12(15)8-17-13/h2-6,8H,7,15H2,1H3,(H,16,17)(H,18,19). The van der Waals surface area contributed by atoms with Gasteiger partial charge in [0.1, 0.15) is 11.6 Å². The van der Waals surface area contributed by atoms with Crippen molar-refractivity contribution in [2.24, 2.45) is 0 Å². The number of hydrogen-bond acceptors (Lipinski definition) is 5. The maximum absolute atomic E-state index is 11.0. The van der Waals surface area contributed by atoms with Crippen molar-refractivity contribution in [3.8, 4) is 5.75 Å². The second kappa shape index (κ2) is 5.92. The number of nitrogen functional groups attached to an aromatic ring is 1. The zero-order valence-corrected chi connectivity index (χ0v) is 11.0. The highest BCUT2D eigenvalue weighted by atomic mass is 16.5. The Morgan fingerprint density at radius 2 is 2.10 bits per heavy atom. The summed E-state index contributed by atoms with van der Waals surface area (Å²) in [6.45, 7) is 0.528. The number of carboxylic acid groups (broad SMARTS) is 1. The lowest BCUT2D eigenvalue weighted by molar-refractivity contribution is 0.0698. The van der Waals surface area contributed by atoms with Crippen LogP contribution < -0.4 is 15.8 Å². The van der Waals surface area contributed by atoms with Crippen LogP contribution in [-0.2, 0) is 6.54 Å². The molecule has 0 spiro atoms. The highest BCUT2D eigenvalue weighted by molar-refractivity contribution is 5.94. The minimum Gasteiger partial charge on any atom is -0.497 e. The summed E-state index contributed by atoms with van der Waals surface area (Å²) in [6.07, 6.45) is 1.33. The fourth-order valence-corrected chi connectivity index (χ4v) is 1.68. The fraction of sp³-hybridized carbons (Fsp3) is 0.143. The molecule has 0 unspecified atom stereocenters. The van der Waals surface area contributed by atoms with Gasteiger partial charge in [-0.2, -0.15) is 0 Å². The molecular weight excluding hydrogens is 258 g/mol. The summed E-state index contributed by atoms with van der Waals surface area (Å²) in [5.74, 6) is 0.178. The minimum absolute atomic E-state index is 0.0391. The van der Waals surface area contributed by atoms with E-state index in [1.165, 1.54) is 12.3 Å². The van der Waals surface area contributed by atoms with Crippen LogP contribution in [0.3, 0.4) is 0 Å². The van der Waals surface area contributed by atoms with Gasteiger partial charge in [-0.05, 0) is 23.8 Å². The number of carboxylic acids is 1. The summed E-state index contributed by atoms with van der Waals surface area (Å²) in [7, 11) is 1.61. The van der Waals surface area contributed by atoms with E-state index >= 15 is 0 Å². The summed E-state index contributed by atoms with van der Waals surface area (Å²) in [6, 6.07) is 8.97. The van der Waals surface area contributed by atoms with E-state index in [-0.39, 0.29) is 11.3 Å². The minimum atomic E-state index is -1.07. The van der Waals surface area contributed by atoms with Gasteiger partial charge in [-0.1, -0.05) is 12.1 Å². The Bertz CT molecular complexity index is 612. The number of benzene rings is 1. The molecule has 0 radical (unpaired) electrons. The first-order valence-electron chi connectivity index (χ1n) is 5.96. The lowest BCUT2D eigenvalue weighted by Gasteiger charge is -2.08. The lowest BCUT2D eigenvalue weighted by Crippen LogP contribution is -2.07. The Hall–Kier alpha value is -2.76. The molecule has 0 aliphatic rings. The summed E-state index contributed by atoms with van der Waals surface area (Å²) in [4.78, 5) is 15.0. The third kappa shape index (κ3) is 3.17. The van der Waals surface area contributed by atoms with Crippen molar-refractivity contribution >= 4 is 17.5 Å². The van der Waals surface area contributed by atoms with Gasteiger partial charge < -0.3 is 20.9 Å². The van der Waals surface area contributed by atoms with Gasteiger partial charge in [-0.3, -0.25) is 0 Å². The monoisotopic (exact) mass is 273 g/mol. The van der Waals surface area contributed by atoms with E-state index in [1.54, 1.807) is 7.11 Å². The van der Waals surface area contributed by atoms with Gasteiger partial charge >= 0.3 is 5.97 Å². The average molecular weight is 273 g/mol. The SMILES string of the molecule is COc1ccc(CNc2cc(C(=O)O)c(N)cn2)cc1. The zero-order chi connectivity index (χ0) is 14.5. The number of aromatic carboxylic acids is 1. The second-order valence-electron chi connectivity index (χ2n) is 4.16. The van der Waals surface area contributed by atoms with Crippen LogP contribution in [0.15, 0.2) is 36.5 Å². The molecule has 104 valence electrons. The molecule has 2 aromatic rings. The molecule has 1 heterocycles. The largest absolute Gasteiger partial charge is 0.497 e. The molecule has 0 saturated heterocycles. The van der Waals surface area contributed by atoms with E-state index in [9.17, 15) is 4.79 Å². The number of methoxy groups -OCH3 is 1. The molecule has 1 aromatic heterocycles. The molecular formula is C14H15N3O3. The predicted molar refractivity (Wildman–Crippen MR) is 75.9 cm³/mol. The zero-order valence-electron chi connectivity index (χ0n) is 11.0. The Balaban J connectivity index is 2.06. The maximum Gasteiger partial charge on any atom is 0.337 e. The van der Waals surface area contributed by atoms with Crippen LogP contribution in [0.5, 0.6) is 5.75 Å². The number of hydrogen-bond donors (Lipinski definition) is 3. The van der Waals surface area contributed by atoms with E-state index in [2.05, 4.69) is 10.3 Å². The quantitative estimate of drug-likeness (QED) is 0.770. The summed E-state index contributed by atoms with van der Waals surface area (Å²) < 4.78 is 5.08. The molecule has 0 fully saturated rings. The molecule has 2 rings (SSSR count). The van der Waals surface area contributed by atoms with Gasteiger partial charge in [-0.15, -0.1) is 0 Å². The molecule has 4 N–H and O–H groups in total. The summed E-state index contributed by atoms with van der Waals surface area (Å²) >= 11 is 0. The number of nitrogens with one attached hydrogen (secondary N) is 1. The molecule has 0 aliphatic carbocycles. The second-order valence-corrected chi connectivity index (χ2v) is 4.16. The Morgan fingerprint density at radius 3 is 2.70 bits per heavy atom. The van der Waals surface area contributed by atoms with Crippen molar-refractivity contribution in [2.45, 2.75) is 6.54 Å².